The molecule has 2 aromatic heterocycles. The van der Waals surface area contributed by atoms with Gasteiger partial charge in [0, 0.05) is 20.3 Å². The molecule has 0 aromatic carbocycles. The van der Waals surface area contributed by atoms with Gasteiger partial charge in [-0.25, -0.2) is 9.97 Å². The topological polar surface area (TPSA) is 80.2 Å². The van der Waals surface area contributed by atoms with E-state index in [1.807, 2.05) is 0 Å². The van der Waals surface area contributed by atoms with Gasteiger partial charge >= 0.3 is 0 Å². The largest absolute Gasteiger partial charge is 0.479 e. The first kappa shape index (κ1) is 15.0. The van der Waals surface area contributed by atoms with E-state index in [4.69, 9.17) is 16.3 Å². The van der Waals surface area contributed by atoms with Crippen molar-refractivity contribution in [2.75, 3.05) is 31.4 Å². The summed E-state index contributed by atoms with van der Waals surface area (Å²) in [6.07, 6.45) is 2.77. The molecule has 0 saturated carbocycles. The van der Waals surface area contributed by atoms with Crippen LogP contribution in [0.1, 0.15) is 10.5 Å². The van der Waals surface area contributed by atoms with Crippen molar-refractivity contribution in [2.24, 2.45) is 0 Å². The van der Waals surface area contributed by atoms with E-state index in [1.165, 1.54) is 25.7 Å². The summed E-state index contributed by atoms with van der Waals surface area (Å²) in [4.78, 5) is 26.0. The van der Waals surface area contributed by atoms with Gasteiger partial charge in [0.25, 0.3) is 5.91 Å². The molecule has 2 rings (SSSR count). The minimum absolute atomic E-state index is 0.231. The van der Waals surface area contributed by atoms with E-state index >= 15 is 0 Å². The van der Waals surface area contributed by atoms with Crippen LogP contribution >= 0.6 is 11.6 Å². The van der Waals surface area contributed by atoms with Gasteiger partial charge in [0.1, 0.15) is 17.7 Å². The fourth-order valence-electron chi connectivity index (χ4n) is 1.65. The summed E-state index contributed by atoms with van der Waals surface area (Å²) >= 11 is 5.75. The molecule has 8 heteroatoms. The van der Waals surface area contributed by atoms with E-state index in [2.05, 4.69) is 20.3 Å². The third-order valence-corrected chi connectivity index (χ3v) is 2.83. The van der Waals surface area contributed by atoms with Crippen molar-refractivity contribution in [1.29, 1.82) is 0 Å². The Balaban J connectivity index is 2.34. The fourth-order valence-corrected chi connectivity index (χ4v) is 1.76. The summed E-state index contributed by atoms with van der Waals surface area (Å²) in [5.74, 6) is 0.406. The van der Waals surface area contributed by atoms with Crippen LogP contribution in [0.4, 0.5) is 11.5 Å². The average molecular weight is 308 g/mol. The van der Waals surface area contributed by atoms with Gasteiger partial charge in [0.05, 0.1) is 12.1 Å². The third kappa shape index (κ3) is 3.38. The molecule has 0 spiro atoms. The predicted molar refractivity (Wildman–Crippen MR) is 80.1 cm³/mol. The van der Waals surface area contributed by atoms with Gasteiger partial charge in [0.2, 0.25) is 5.88 Å². The van der Waals surface area contributed by atoms with Crippen molar-refractivity contribution in [3.8, 4) is 5.88 Å². The van der Waals surface area contributed by atoms with Crippen LogP contribution in [0, 0.1) is 0 Å². The highest BCUT2D eigenvalue weighted by Gasteiger charge is 2.18. The number of rotatable bonds is 4. The number of nitrogens with zero attached hydrogens (tertiary/aromatic N) is 4. The van der Waals surface area contributed by atoms with Crippen LogP contribution in [0.15, 0.2) is 24.7 Å². The smallest absolute Gasteiger partial charge is 0.274 e. The quantitative estimate of drug-likeness (QED) is 0.928. The van der Waals surface area contributed by atoms with Crippen molar-refractivity contribution in [3.05, 3.63) is 35.4 Å². The Morgan fingerprint density at radius 3 is 2.62 bits per heavy atom. The Hall–Kier alpha value is -2.41. The van der Waals surface area contributed by atoms with Gasteiger partial charge in [-0.2, -0.15) is 4.98 Å². The van der Waals surface area contributed by atoms with E-state index in [0.717, 1.165) is 0 Å². The van der Waals surface area contributed by atoms with Gasteiger partial charge in [-0.15, -0.1) is 0 Å². The Kier molecular flexibility index (Phi) is 4.54. The van der Waals surface area contributed by atoms with Gasteiger partial charge < -0.3 is 15.0 Å². The number of carbonyl (C=O) groups is 1. The summed E-state index contributed by atoms with van der Waals surface area (Å²) in [6, 6.07) is 3.12. The zero-order valence-corrected chi connectivity index (χ0v) is 12.5. The second-order valence-electron chi connectivity index (χ2n) is 4.29. The highest BCUT2D eigenvalue weighted by atomic mass is 35.5. The molecular formula is C13H14ClN5O2. The lowest BCUT2D eigenvalue weighted by Crippen LogP contribution is -2.19. The molecule has 0 radical (unpaired) electrons. The number of amides is 1. The van der Waals surface area contributed by atoms with Crippen LogP contribution in [0.25, 0.3) is 0 Å². The number of hydrogen-bond acceptors (Lipinski definition) is 6. The van der Waals surface area contributed by atoms with Crippen LogP contribution in [0.3, 0.4) is 0 Å². The van der Waals surface area contributed by atoms with Crippen LogP contribution in [-0.2, 0) is 0 Å². The van der Waals surface area contributed by atoms with Crippen molar-refractivity contribution >= 4 is 29.0 Å². The van der Waals surface area contributed by atoms with Gasteiger partial charge in [0.15, 0.2) is 5.82 Å². The number of methoxy groups -OCH3 is 1. The van der Waals surface area contributed by atoms with Crippen LogP contribution in [0.5, 0.6) is 5.88 Å². The number of pyridine rings is 1. The summed E-state index contributed by atoms with van der Waals surface area (Å²) in [5.41, 5.74) is 0.613. The Morgan fingerprint density at radius 2 is 2.05 bits per heavy atom. The maximum absolute atomic E-state index is 12.2. The molecule has 0 unspecified atom stereocenters. The molecule has 1 amide bonds. The predicted octanol–water partition coefficient (Wildman–Crippen LogP) is 1.85. The van der Waals surface area contributed by atoms with Gasteiger partial charge in [-0.3, -0.25) is 4.79 Å². The summed E-state index contributed by atoms with van der Waals surface area (Å²) in [6.45, 7) is 0. The van der Waals surface area contributed by atoms with Crippen LogP contribution < -0.4 is 15.0 Å². The molecule has 0 atom stereocenters. The molecule has 0 saturated heterocycles. The third-order valence-electron chi connectivity index (χ3n) is 2.61. The lowest BCUT2D eigenvalue weighted by Gasteiger charge is -2.17. The second kappa shape index (κ2) is 6.36. The molecule has 21 heavy (non-hydrogen) atoms. The number of anilines is 2. The Morgan fingerprint density at radius 1 is 1.29 bits per heavy atom. The first-order chi connectivity index (χ1) is 10.0. The monoisotopic (exact) mass is 307 g/mol. The number of nitrogens with one attached hydrogen (secondary N) is 1. The molecule has 0 fully saturated rings. The minimum atomic E-state index is -0.400. The molecule has 110 valence electrons. The summed E-state index contributed by atoms with van der Waals surface area (Å²) in [7, 11) is 5.08. The van der Waals surface area contributed by atoms with E-state index in [1.54, 1.807) is 25.1 Å². The zero-order chi connectivity index (χ0) is 15.4. The van der Waals surface area contributed by atoms with Gasteiger partial charge in [-0.1, -0.05) is 11.6 Å². The fraction of sp³-hybridized carbons (Fsp3) is 0.231. The van der Waals surface area contributed by atoms with Crippen LogP contribution in [0.2, 0.25) is 5.02 Å². The Labute approximate surface area is 126 Å². The maximum Gasteiger partial charge on any atom is 0.274 e. The molecule has 2 aromatic rings. The normalized spacial score (nSPS) is 10.1. The van der Waals surface area contributed by atoms with E-state index in [0.29, 0.717) is 16.5 Å². The highest BCUT2D eigenvalue weighted by Crippen LogP contribution is 2.30. The van der Waals surface area contributed by atoms with Crippen molar-refractivity contribution in [1.82, 2.24) is 15.0 Å². The minimum Gasteiger partial charge on any atom is -0.479 e. The first-order valence-electron chi connectivity index (χ1n) is 6.02. The second-order valence-corrected chi connectivity index (χ2v) is 4.73. The molecule has 1 N–H and O–H groups in total. The lowest BCUT2D eigenvalue weighted by atomic mass is 10.3. The Bertz CT molecular complexity index is 646. The zero-order valence-electron chi connectivity index (χ0n) is 11.8. The average Bonchev–Trinajstić information content (AvgIpc) is 2.47. The van der Waals surface area contributed by atoms with E-state index in [-0.39, 0.29) is 11.6 Å². The van der Waals surface area contributed by atoms with Crippen molar-refractivity contribution in [2.45, 2.75) is 0 Å². The molecule has 0 aliphatic rings. The lowest BCUT2D eigenvalue weighted by molar-refractivity contribution is 0.102. The number of ether oxygens (including phenoxy) is 1. The number of halogens is 1. The summed E-state index contributed by atoms with van der Waals surface area (Å²) < 4.78 is 5.16. The van der Waals surface area contributed by atoms with Crippen molar-refractivity contribution in [3.63, 3.8) is 0 Å². The molecule has 7 nitrogen and oxygen atoms in total. The molecule has 0 aliphatic heterocycles. The highest BCUT2D eigenvalue weighted by molar-refractivity contribution is 6.30. The maximum atomic E-state index is 12.2. The SMILES string of the molecule is COc1ncnc(N(C)C)c1NC(=O)c1ccc(Cl)cn1. The molecule has 2 heterocycles. The first-order valence-corrected chi connectivity index (χ1v) is 6.40. The molecule has 0 aliphatic carbocycles. The van der Waals surface area contributed by atoms with Gasteiger partial charge in [-0.05, 0) is 12.1 Å². The summed E-state index contributed by atoms with van der Waals surface area (Å²) in [5, 5.41) is 3.17. The number of carbonyl (C=O) groups excluding carboxylic acids is 1. The molecule has 0 bridgehead atoms. The molecular weight excluding hydrogens is 294 g/mol. The van der Waals surface area contributed by atoms with E-state index in [9.17, 15) is 4.79 Å². The van der Waals surface area contributed by atoms with E-state index < -0.39 is 5.91 Å². The van der Waals surface area contributed by atoms with Crippen LogP contribution in [-0.4, -0.2) is 42.1 Å². The number of hydrogen-bond donors (Lipinski definition) is 1. The number of aromatic nitrogens is 3. The standard InChI is InChI=1S/C13H14ClN5O2/c1-19(2)11-10(13(21-3)17-7-16-11)18-12(20)9-5-4-8(14)6-15-9/h4-7H,1-3H3,(H,18,20). The van der Waals surface area contributed by atoms with Crippen molar-refractivity contribution < 1.29 is 9.53 Å².